The van der Waals surface area contributed by atoms with E-state index in [0.29, 0.717) is 0 Å². The van der Waals surface area contributed by atoms with Gasteiger partial charge in [0.25, 0.3) is 0 Å². The number of benzene rings is 2. The highest BCUT2D eigenvalue weighted by Gasteiger charge is 2.18. The van der Waals surface area contributed by atoms with Crippen molar-refractivity contribution in [2.24, 2.45) is 0 Å². The first kappa shape index (κ1) is 22.7. The number of unbranched alkanes of at least 4 members (excludes halogenated alkanes) is 1. The van der Waals surface area contributed by atoms with E-state index in [-0.39, 0.29) is 10.8 Å². The summed E-state index contributed by atoms with van der Waals surface area (Å²) in [7, 11) is 0. The highest BCUT2D eigenvalue weighted by atomic mass is 14.2. The Kier molecular flexibility index (Phi) is 7.54. The van der Waals surface area contributed by atoms with Crippen molar-refractivity contribution in [3.8, 4) is 0 Å². The lowest BCUT2D eigenvalue weighted by molar-refractivity contribution is 0.582. The Bertz CT molecular complexity index is 698. The van der Waals surface area contributed by atoms with Crippen LogP contribution in [0.25, 0.3) is 0 Å². The van der Waals surface area contributed by atoms with Crippen LogP contribution in [0.15, 0.2) is 36.4 Å². The molecule has 0 amide bonds. The Balaban J connectivity index is 1.96. The molecule has 0 unspecified atom stereocenters. The van der Waals surface area contributed by atoms with E-state index < -0.39 is 0 Å². The van der Waals surface area contributed by atoms with Crippen molar-refractivity contribution in [3.63, 3.8) is 0 Å². The molecule has 2 rings (SSSR count). The summed E-state index contributed by atoms with van der Waals surface area (Å²) in [6, 6.07) is 14.3. The van der Waals surface area contributed by atoms with Crippen LogP contribution in [0.2, 0.25) is 0 Å². The van der Waals surface area contributed by atoms with Crippen molar-refractivity contribution in [1.82, 2.24) is 0 Å². The van der Waals surface area contributed by atoms with Crippen molar-refractivity contribution in [2.75, 3.05) is 0 Å². The van der Waals surface area contributed by atoms with Crippen molar-refractivity contribution in [2.45, 2.75) is 105 Å². The van der Waals surface area contributed by atoms with Crippen LogP contribution in [-0.2, 0) is 36.5 Å². The first-order valence-corrected chi connectivity index (χ1v) is 11.3. The van der Waals surface area contributed by atoms with Gasteiger partial charge in [-0.3, -0.25) is 0 Å². The third-order valence-electron chi connectivity index (χ3n) is 5.90. The van der Waals surface area contributed by atoms with Crippen LogP contribution in [0.5, 0.6) is 0 Å². The predicted octanol–water partition coefficient (Wildman–Crippen LogP) is 7.97. The lowest BCUT2D eigenvalue weighted by Gasteiger charge is -2.23. The first-order valence-electron chi connectivity index (χ1n) is 11.3. The van der Waals surface area contributed by atoms with Gasteiger partial charge in [-0.05, 0) is 82.7 Å². The molecular weight excluding hydrogens is 336 g/mol. The van der Waals surface area contributed by atoms with E-state index in [9.17, 15) is 0 Å². The zero-order chi connectivity index (χ0) is 20.9. The zero-order valence-corrected chi connectivity index (χ0v) is 19.7. The molecule has 0 fully saturated rings. The van der Waals surface area contributed by atoms with E-state index in [4.69, 9.17) is 0 Å². The molecule has 0 aromatic heterocycles. The Morgan fingerprint density at radius 3 is 1.21 bits per heavy atom. The van der Waals surface area contributed by atoms with Gasteiger partial charge in [0.15, 0.2) is 0 Å². The summed E-state index contributed by atoms with van der Waals surface area (Å²) in [6.07, 6.45) is 7.16. The predicted molar refractivity (Wildman–Crippen MR) is 126 cm³/mol. The van der Waals surface area contributed by atoms with Gasteiger partial charge in [-0.15, -0.1) is 0 Å². The molecule has 0 heterocycles. The van der Waals surface area contributed by atoms with E-state index in [0.717, 1.165) is 12.8 Å². The number of aryl methyl sites for hydroxylation is 4. The quantitative estimate of drug-likeness (QED) is 0.428. The van der Waals surface area contributed by atoms with Crippen molar-refractivity contribution >= 4 is 0 Å². The van der Waals surface area contributed by atoms with Crippen LogP contribution < -0.4 is 0 Å². The summed E-state index contributed by atoms with van der Waals surface area (Å²) < 4.78 is 0. The Morgan fingerprint density at radius 1 is 0.571 bits per heavy atom. The maximum Gasteiger partial charge on any atom is -0.0129 e. The maximum absolute atomic E-state index is 2.45. The van der Waals surface area contributed by atoms with E-state index in [1.807, 2.05) is 0 Å². The summed E-state index contributed by atoms with van der Waals surface area (Å²) in [4.78, 5) is 0. The van der Waals surface area contributed by atoms with Crippen molar-refractivity contribution < 1.29 is 0 Å². The fourth-order valence-corrected chi connectivity index (χ4v) is 4.31. The first-order chi connectivity index (χ1) is 13.1. The number of rotatable bonds is 7. The maximum atomic E-state index is 2.45. The SMILES string of the molecule is CCc1cc(CCCCc2ccc(C(C)(C)C)c(CC)c2)ccc1C(C)(C)C. The van der Waals surface area contributed by atoms with E-state index in [2.05, 4.69) is 91.8 Å². The average molecular weight is 379 g/mol. The van der Waals surface area contributed by atoms with Crippen molar-refractivity contribution in [3.05, 3.63) is 69.8 Å². The van der Waals surface area contributed by atoms with Gasteiger partial charge in [-0.2, -0.15) is 0 Å². The van der Waals surface area contributed by atoms with Crippen LogP contribution in [0.4, 0.5) is 0 Å². The van der Waals surface area contributed by atoms with Gasteiger partial charge < -0.3 is 0 Å². The molecule has 2 aromatic carbocycles. The topological polar surface area (TPSA) is 0 Å². The standard InChI is InChI=1S/C28H42/c1-9-23-19-21(15-17-25(23)27(3,4)5)13-11-12-14-22-16-18-26(28(6,7)8)24(10-2)20-22/h15-20H,9-14H2,1-8H3. The fraction of sp³-hybridized carbons (Fsp3) is 0.571. The minimum Gasteiger partial charge on any atom is -0.0613 e. The summed E-state index contributed by atoms with van der Waals surface area (Å²) in [5.41, 5.74) is 9.53. The number of hydrogen-bond donors (Lipinski definition) is 0. The fourth-order valence-electron chi connectivity index (χ4n) is 4.31. The van der Waals surface area contributed by atoms with Crippen LogP contribution in [0, 0.1) is 0 Å². The van der Waals surface area contributed by atoms with Gasteiger partial charge in [-0.1, -0.05) is 91.8 Å². The van der Waals surface area contributed by atoms with Crippen LogP contribution in [0.1, 0.15) is 102 Å². The normalized spacial score (nSPS) is 12.4. The van der Waals surface area contributed by atoms with Crippen LogP contribution in [0.3, 0.4) is 0 Å². The van der Waals surface area contributed by atoms with E-state index in [1.54, 1.807) is 0 Å². The molecule has 2 aromatic rings. The third kappa shape index (κ3) is 5.97. The Labute approximate surface area is 174 Å². The van der Waals surface area contributed by atoms with Crippen LogP contribution >= 0.6 is 0 Å². The Hall–Kier alpha value is -1.56. The smallest absolute Gasteiger partial charge is 0.0129 e. The summed E-state index contributed by atoms with van der Waals surface area (Å²) in [5.74, 6) is 0. The van der Waals surface area contributed by atoms with Gasteiger partial charge in [0.1, 0.15) is 0 Å². The second-order valence-electron chi connectivity index (χ2n) is 10.4. The van der Waals surface area contributed by atoms with Gasteiger partial charge in [0.05, 0.1) is 0 Å². The van der Waals surface area contributed by atoms with Crippen molar-refractivity contribution in [1.29, 1.82) is 0 Å². The van der Waals surface area contributed by atoms with Crippen LogP contribution in [-0.4, -0.2) is 0 Å². The molecule has 0 heteroatoms. The molecule has 0 N–H and O–H groups in total. The Morgan fingerprint density at radius 2 is 0.929 bits per heavy atom. The monoisotopic (exact) mass is 378 g/mol. The summed E-state index contributed by atoms with van der Waals surface area (Å²) >= 11 is 0. The molecular formula is C28H42. The molecule has 0 aliphatic carbocycles. The van der Waals surface area contributed by atoms with Gasteiger partial charge in [-0.25, -0.2) is 0 Å². The van der Waals surface area contributed by atoms with Gasteiger partial charge >= 0.3 is 0 Å². The molecule has 0 bridgehead atoms. The van der Waals surface area contributed by atoms with Gasteiger partial charge in [0.2, 0.25) is 0 Å². The largest absolute Gasteiger partial charge is 0.0613 e. The molecule has 0 spiro atoms. The molecule has 0 aliphatic rings. The second kappa shape index (κ2) is 9.29. The molecule has 0 aliphatic heterocycles. The molecule has 0 saturated carbocycles. The molecule has 28 heavy (non-hydrogen) atoms. The summed E-state index contributed by atoms with van der Waals surface area (Å²) in [6.45, 7) is 18.5. The highest BCUT2D eigenvalue weighted by molar-refractivity contribution is 5.37. The molecule has 0 saturated heterocycles. The van der Waals surface area contributed by atoms with E-state index >= 15 is 0 Å². The van der Waals surface area contributed by atoms with E-state index in [1.165, 1.54) is 59.1 Å². The zero-order valence-electron chi connectivity index (χ0n) is 19.7. The summed E-state index contributed by atoms with van der Waals surface area (Å²) in [5, 5.41) is 0. The lowest BCUT2D eigenvalue weighted by Crippen LogP contribution is -2.14. The molecule has 0 radical (unpaired) electrons. The average Bonchev–Trinajstić information content (AvgIpc) is 2.63. The third-order valence-corrected chi connectivity index (χ3v) is 5.90. The minimum absolute atomic E-state index is 0.236. The molecule has 0 nitrogen and oxygen atoms in total. The highest BCUT2D eigenvalue weighted by Crippen LogP contribution is 2.29. The lowest BCUT2D eigenvalue weighted by atomic mass is 9.82. The molecule has 154 valence electrons. The minimum atomic E-state index is 0.236. The molecule has 0 atom stereocenters. The second-order valence-corrected chi connectivity index (χ2v) is 10.4. The van der Waals surface area contributed by atoms with Gasteiger partial charge in [0, 0.05) is 0 Å². The number of hydrogen-bond acceptors (Lipinski definition) is 0.